The maximum absolute atomic E-state index is 13.0. The Morgan fingerprint density at radius 2 is 2.22 bits per heavy atom. The molecule has 1 aliphatic heterocycles. The first kappa shape index (κ1) is 16.4. The third-order valence-electron chi connectivity index (χ3n) is 4.27. The van der Waals surface area contributed by atoms with Gasteiger partial charge in [0.25, 0.3) is 10.0 Å². The van der Waals surface area contributed by atoms with Gasteiger partial charge >= 0.3 is 0 Å². The minimum atomic E-state index is -3.53. The fourth-order valence-corrected chi connectivity index (χ4v) is 6.34. The highest BCUT2D eigenvalue weighted by Gasteiger charge is 2.33. The summed E-state index contributed by atoms with van der Waals surface area (Å²) >= 11 is 1.27. The van der Waals surface area contributed by atoms with Gasteiger partial charge in [0.05, 0.1) is 17.7 Å². The number of sulfonamides is 1. The van der Waals surface area contributed by atoms with Crippen molar-refractivity contribution in [1.82, 2.24) is 4.31 Å². The number of nitrogens with zero attached hydrogens (tertiary/aromatic N) is 2. The molecule has 0 aliphatic carbocycles. The van der Waals surface area contributed by atoms with Gasteiger partial charge in [-0.05, 0) is 48.9 Å². The smallest absolute Gasteiger partial charge is 0.252 e. The zero-order valence-corrected chi connectivity index (χ0v) is 14.7. The molecule has 0 amide bonds. The number of aryl methyl sites for hydroxylation is 1. The lowest BCUT2D eigenvalue weighted by Gasteiger charge is -2.30. The molecule has 1 fully saturated rings. The number of hydrogen-bond acceptors (Lipinski definition) is 5. The van der Waals surface area contributed by atoms with Crippen LogP contribution in [-0.4, -0.2) is 39.0 Å². The maximum atomic E-state index is 13.0. The lowest BCUT2D eigenvalue weighted by molar-refractivity contribution is 0.0572. The van der Waals surface area contributed by atoms with Crippen molar-refractivity contribution in [3.63, 3.8) is 0 Å². The molecular formula is C16H18N2O3S2. The summed E-state index contributed by atoms with van der Waals surface area (Å²) in [5.41, 5.74) is 1.27. The summed E-state index contributed by atoms with van der Waals surface area (Å²) in [6.07, 6.45) is 1.65. The van der Waals surface area contributed by atoms with E-state index in [-0.39, 0.29) is 6.10 Å². The van der Waals surface area contributed by atoms with Gasteiger partial charge in [0.2, 0.25) is 0 Å². The van der Waals surface area contributed by atoms with E-state index in [1.807, 2.05) is 13.0 Å². The molecule has 1 atom stereocenters. The molecule has 1 saturated heterocycles. The van der Waals surface area contributed by atoms with Gasteiger partial charge in [-0.2, -0.15) is 9.57 Å². The molecular weight excluding hydrogens is 332 g/mol. The average Bonchev–Trinajstić information content (AvgIpc) is 2.92. The van der Waals surface area contributed by atoms with Gasteiger partial charge in [0.1, 0.15) is 4.21 Å². The van der Waals surface area contributed by atoms with Gasteiger partial charge in [0.15, 0.2) is 0 Å². The normalized spacial score (nSPS) is 19.8. The molecule has 1 aliphatic rings. The van der Waals surface area contributed by atoms with Crippen molar-refractivity contribution in [3.8, 4) is 6.07 Å². The zero-order chi connectivity index (χ0) is 16.6. The van der Waals surface area contributed by atoms with Crippen molar-refractivity contribution in [2.45, 2.75) is 30.1 Å². The number of methoxy groups -OCH3 is 1. The summed E-state index contributed by atoms with van der Waals surface area (Å²) in [6.45, 7) is 2.74. The number of nitriles is 1. The number of hydrogen-bond donors (Lipinski definition) is 0. The molecule has 3 rings (SSSR count). The van der Waals surface area contributed by atoms with Crippen molar-refractivity contribution in [2.75, 3.05) is 20.2 Å². The molecule has 0 N–H and O–H groups in total. The van der Waals surface area contributed by atoms with E-state index in [9.17, 15) is 8.42 Å². The van der Waals surface area contributed by atoms with E-state index < -0.39 is 10.0 Å². The number of piperidine rings is 1. The summed E-state index contributed by atoms with van der Waals surface area (Å²) in [4.78, 5) is 0. The molecule has 2 heterocycles. The minimum Gasteiger partial charge on any atom is -0.380 e. The van der Waals surface area contributed by atoms with Crippen LogP contribution in [0.25, 0.3) is 10.1 Å². The largest absolute Gasteiger partial charge is 0.380 e. The topological polar surface area (TPSA) is 70.4 Å². The van der Waals surface area contributed by atoms with Crippen LogP contribution >= 0.6 is 11.3 Å². The average molecular weight is 350 g/mol. The first-order chi connectivity index (χ1) is 11.0. The van der Waals surface area contributed by atoms with E-state index in [0.29, 0.717) is 22.9 Å². The van der Waals surface area contributed by atoms with Gasteiger partial charge < -0.3 is 4.74 Å². The molecule has 7 heteroatoms. The number of benzene rings is 1. The Balaban J connectivity index is 2.05. The fraction of sp³-hybridized carbons (Fsp3) is 0.438. The van der Waals surface area contributed by atoms with Crippen LogP contribution in [0.4, 0.5) is 0 Å². The standard InChI is InChI=1S/C16H18N2O3S2/c1-11-14-8-12(9-17)5-6-15(14)22-16(11)23(19,20)18-7-3-4-13(10-18)21-2/h5-6,8,13H,3-4,7,10H2,1-2H3. The van der Waals surface area contributed by atoms with Crippen molar-refractivity contribution in [2.24, 2.45) is 0 Å². The summed E-state index contributed by atoms with van der Waals surface area (Å²) in [6, 6.07) is 7.39. The van der Waals surface area contributed by atoms with Crippen molar-refractivity contribution in [3.05, 3.63) is 29.3 Å². The molecule has 0 radical (unpaired) electrons. The number of ether oxygens (including phenoxy) is 1. The van der Waals surface area contributed by atoms with E-state index in [1.54, 1.807) is 19.2 Å². The Morgan fingerprint density at radius 3 is 2.91 bits per heavy atom. The Kier molecular flexibility index (Phi) is 4.43. The maximum Gasteiger partial charge on any atom is 0.252 e. The van der Waals surface area contributed by atoms with Gasteiger partial charge in [-0.15, -0.1) is 11.3 Å². The van der Waals surface area contributed by atoms with Crippen LogP contribution < -0.4 is 0 Å². The third kappa shape index (κ3) is 2.88. The van der Waals surface area contributed by atoms with Crippen LogP contribution in [0, 0.1) is 18.3 Å². The Hall–Kier alpha value is -1.46. The van der Waals surface area contributed by atoms with E-state index in [1.165, 1.54) is 15.6 Å². The molecule has 0 bridgehead atoms. The first-order valence-electron chi connectivity index (χ1n) is 7.43. The van der Waals surface area contributed by atoms with Crippen LogP contribution in [0.5, 0.6) is 0 Å². The van der Waals surface area contributed by atoms with Crippen LogP contribution in [0.15, 0.2) is 22.4 Å². The predicted octanol–water partition coefficient (Wildman–Crippen LogP) is 2.88. The van der Waals surface area contributed by atoms with Crippen LogP contribution in [-0.2, 0) is 14.8 Å². The molecule has 23 heavy (non-hydrogen) atoms. The van der Waals surface area contributed by atoms with E-state index in [0.717, 1.165) is 28.5 Å². The number of rotatable bonds is 3. The quantitative estimate of drug-likeness (QED) is 0.853. The van der Waals surface area contributed by atoms with E-state index in [4.69, 9.17) is 10.00 Å². The van der Waals surface area contributed by atoms with E-state index >= 15 is 0 Å². The van der Waals surface area contributed by atoms with Crippen LogP contribution in [0.1, 0.15) is 24.0 Å². The van der Waals surface area contributed by atoms with Crippen molar-refractivity contribution < 1.29 is 13.2 Å². The molecule has 1 aromatic heterocycles. The summed E-state index contributed by atoms with van der Waals surface area (Å²) in [5.74, 6) is 0. The Bertz CT molecular complexity index is 881. The highest BCUT2D eigenvalue weighted by Crippen LogP contribution is 2.36. The molecule has 1 aromatic carbocycles. The molecule has 2 aromatic rings. The minimum absolute atomic E-state index is 0.0431. The van der Waals surface area contributed by atoms with E-state index in [2.05, 4.69) is 6.07 Å². The van der Waals surface area contributed by atoms with Gasteiger partial charge in [-0.3, -0.25) is 0 Å². The third-order valence-corrected chi connectivity index (χ3v) is 8.01. The number of thiophene rings is 1. The fourth-order valence-electron chi connectivity index (χ4n) is 2.95. The number of fused-ring (bicyclic) bond motifs is 1. The van der Waals surface area contributed by atoms with Gasteiger partial charge in [-0.1, -0.05) is 0 Å². The van der Waals surface area contributed by atoms with Crippen LogP contribution in [0.2, 0.25) is 0 Å². The molecule has 5 nitrogen and oxygen atoms in total. The molecule has 122 valence electrons. The second-order valence-corrected chi connectivity index (χ2v) is 8.89. The highest BCUT2D eigenvalue weighted by molar-refractivity contribution is 7.91. The molecule has 1 unspecified atom stereocenters. The Morgan fingerprint density at radius 1 is 1.43 bits per heavy atom. The second kappa shape index (κ2) is 6.21. The lowest BCUT2D eigenvalue weighted by atomic mass is 10.1. The van der Waals surface area contributed by atoms with Crippen LogP contribution in [0.3, 0.4) is 0 Å². The van der Waals surface area contributed by atoms with Gasteiger partial charge in [-0.25, -0.2) is 8.42 Å². The monoisotopic (exact) mass is 350 g/mol. The summed E-state index contributed by atoms with van der Waals surface area (Å²) in [5, 5.41) is 9.87. The van der Waals surface area contributed by atoms with Crippen molar-refractivity contribution >= 4 is 31.4 Å². The van der Waals surface area contributed by atoms with Gasteiger partial charge in [0, 0.05) is 24.9 Å². The zero-order valence-electron chi connectivity index (χ0n) is 13.1. The SMILES string of the molecule is COC1CCCN(S(=O)(=O)c2sc3ccc(C#N)cc3c2C)C1. The first-order valence-corrected chi connectivity index (χ1v) is 9.69. The second-order valence-electron chi connectivity index (χ2n) is 5.70. The summed E-state index contributed by atoms with van der Waals surface area (Å²) in [7, 11) is -1.91. The summed E-state index contributed by atoms with van der Waals surface area (Å²) < 4.78 is 34.1. The Labute approximate surface area is 140 Å². The molecule has 0 spiro atoms. The highest BCUT2D eigenvalue weighted by atomic mass is 32.2. The van der Waals surface area contributed by atoms with Crippen molar-refractivity contribution in [1.29, 1.82) is 5.26 Å². The lowest BCUT2D eigenvalue weighted by Crippen LogP contribution is -2.42. The molecule has 0 saturated carbocycles. The predicted molar refractivity (Wildman–Crippen MR) is 90.1 cm³/mol.